The van der Waals surface area contributed by atoms with Gasteiger partial charge in [0.15, 0.2) is 5.75 Å². The average Bonchev–Trinajstić information content (AvgIpc) is 2.71. The fourth-order valence-corrected chi connectivity index (χ4v) is 3.32. The lowest BCUT2D eigenvalue weighted by atomic mass is 10.1. The number of H-pyrrole nitrogens is 2. The van der Waals surface area contributed by atoms with Gasteiger partial charge >= 0.3 is 5.69 Å². The molecule has 0 aliphatic rings. The lowest BCUT2D eigenvalue weighted by Gasteiger charge is -2.11. The van der Waals surface area contributed by atoms with Crippen molar-refractivity contribution >= 4 is 23.2 Å². The zero-order valence-electron chi connectivity index (χ0n) is 15.7. The Kier molecular flexibility index (Phi) is 5.40. The Hall–Kier alpha value is -3.76. The molecule has 0 aliphatic heterocycles. The van der Waals surface area contributed by atoms with Crippen LogP contribution in [0.2, 0.25) is 10.0 Å². The van der Waals surface area contributed by atoms with Gasteiger partial charge in [0.25, 0.3) is 11.1 Å². The third-order valence-electron chi connectivity index (χ3n) is 4.11. The van der Waals surface area contributed by atoms with Gasteiger partial charge in [0.2, 0.25) is 5.88 Å². The van der Waals surface area contributed by atoms with E-state index in [0.717, 1.165) is 16.4 Å². The minimum absolute atomic E-state index is 0.0342. The van der Waals surface area contributed by atoms with Gasteiger partial charge in [-0.1, -0.05) is 23.2 Å². The van der Waals surface area contributed by atoms with Crippen molar-refractivity contribution in [3.05, 3.63) is 89.7 Å². The number of benzene rings is 1. The van der Waals surface area contributed by atoms with Crippen LogP contribution in [0.1, 0.15) is 5.56 Å². The van der Waals surface area contributed by atoms with E-state index in [1.165, 1.54) is 18.2 Å². The number of halogens is 2. The molecule has 3 aromatic heterocycles. The maximum absolute atomic E-state index is 12.2. The van der Waals surface area contributed by atoms with Gasteiger partial charge in [-0.2, -0.15) is 9.78 Å². The summed E-state index contributed by atoms with van der Waals surface area (Å²) in [5.74, 6) is 0.0874. The molecule has 156 valence electrons. The predicted molar refractivity (Wildman–Crippen MR) is 113 cm³/mol. The predicted octanol–water partition coefficient (Wildman–Crippen LogP) is 2.47. The minimum atomic E-state index is -0.757. The van der Waals surface area contributed by atoms with E-state index in [1.54, 1.807) is 18.5 Å². The molecular formula is C19H12Cl2N6O4. The first-order valence-corrected chi connectivity index (χ1v) is 9.45. The monoisotopic (exact) mass is 458 g/mol. The number of nitrogens with one attached hydrogen (secondary N) is 2. The first-order valence-electron chi connectivity index (χ1n) is 8.69. The molecule has 3 heterocycles. The van der Waals surface area contributed by atoms with Crippen LogP contribution in [0.5, 0.6) is 11.6 Å². The molecule has 4 rings (SSSR count). The number of pyridine rings is 1. The summed E-state index contributed by atoms with van der Waals surface area (Å²) in [4.78, 5) is 41.5. The van der Waals surface area contributed by atoms with Crippen LogP contribution >= 0.6 is 23.2 Å². The van der Waals surface area contributed by atoms with Crippen molar-refractivity contribution < 1.29 is 4.74 Å². The van der Waals surface area contributed by atoms with Crippen LogP contribution in [-0.2, 0) is 0 Å². The van der Waals surface area contributed by atoms with Gasteiger partial charge in [-0.05, 0) is 30.7 Å². The Balaban J connectivity index is 1.72. The molecule has 0 saturated heterocycles. The van der Waals surface area contributed by atoms with Crippen molar-refractivity contribution in [2.45, 2.75) is 6.92 Å². The van der Waals surface area contributed by atoms with Gasteiger partial charge in [0, 0.05) is 24.0 Å². The summed E-state index contributed by atoms with van der Waals surface area (Å²) in [6, 6.07) is 5.99. The second-order valence-electron chi connectivity index (χ2n) is 6.39. The summed E-state index contributed by atoms with van der Waals surface area (Å²) in [5.41, 5.74) is 0.164. The lowest BCUT2D eigenvalue weighted by molar-refractivity contribution is 0.455. The number of hydrogen-bond donors (Lipinski definition) is 2. The third kappa shape index (κ3) is 4.25. The maximum atomic E-state index is 12.2. The van der Waals surface area contributed by atoms with Crippen molar-refractivity contribution in [1.29, 1.82) is 0 Å². The minimum Gasteiger partial charge on any atom is -0.434 e. The Labute approximate surface area is 183 Å². The highest BCUT2D eigenvalue weighted by atomic mass is 35.5. The highest BCUT2D eigenvalue weighted by molar-refractivity contribution is 6.37. The standard InChI is InChI=1S/C19H12Cl2N6O4/c1-9-2-10(7-22-6-9)12-5-16(25-26-18(12)29)31-17-13(20)3-11(4-14(17)21)27-19(30)24-15(28)8-23-27/h2-8H,1H3,(H,26,29)(H,24,28,30). The first kappa shape index (κ1) is 20.5. The number of aryl methyl sites for hydroxylation is 1. The van der Waals surface area contributed by atoms with E-state index < -0.39 is 16.8 Å². The van der Waals surface area contributed by atoms with Gasteiger partial charge < -0.3 is 4.74 Å². The summed E-state index contributed by atoms with van der Waals surface area (Å²) in [7, 11) is 0. The Morgan fingerprint density at radius 3 is 2.42 bits per heavy atom. The van der Waals surface area contributed by atoms with Gasteiger partial charge in [-0.15, -0.1) is 5.10 Å². The number of aromatic nitrogens is 6. The molecule has 0 radical (unpaired) electrons. The zero-order chi connectivity index (χ0) is 22.1. The molecule has 0 atom stereocenters. The molecule has 0 unspecified atom stereocenters. The smallest absolute Gasteiger partial charge is 0.349 e. The van der Waals surface area contributed by atoms with E-state index in [9.17, 15) is 14.4 Å². The normalized spacial score (nSPS) is 10.8. The topological polar surface area (TPSA) is 136 Å². The van der Waals surface area contributed by atoms with E-state index in [-0.39, 0.29) is 27.4 Å². The Morgan fingerprint density at radius 1 is 1.00 bits per heavy atom. The molecule has 0 aliphatic carbocycles. The summed E-state index contributed by atoms with van der Waals surface area (Å²) in [6.45, 7) is 1.85. The van der Waals surface area contributed by atoms with E-state index in [1.807, 2.05) is 6.92 Å². The van der Waals surface area contributed by atoms with E-state index in [2.05, 4.69) is 25.3 Å². The van der Waals surface area contributed by atoms with Crippen LogP contribution < -0.4 is 21.5 Å². The van der Waals surface area contributed by atoms with Gasteiger partial charge in [-0.3, -0.25) is 19.6 Å². The SMILES string of the molecule is Cc1cncc(-c2cc(Oc3c(Cl)cc(-n4ncc(=O)[nH]c4=O)cc3Cl)n[nH]c2=O)c1. The molecule has 0 fully saturated rings. The van der Waals surface area contributed by atoms with E-state index in [4.69, 9.17) is 27.9 Å². The van der Waals surface area contributed by atoms with Crippen LogP contribution in [0.15, 0.2) is 57.2 Å². The summed E-state index contributed by atoms with van der Waals surface area (Å²) < 4.78 is 6.62. The van der Waals surface area contributed by atoms with Crippen molar-refractivity contribution in [2.75, 3.05) is 0 Å². The van der Waals surface area contributed by atoms with Crippen molar-refractivity contribution in [1.82, 2.24) is 29.9 Å². The van der Waals surface area contributed by atoms with Crippen molar-refractivity contribution in [2.24, 2.45) is 0 Å². The van der Waals surface area contributed by atoms with Gasteiger partial charge in [0.1, 0.15) is 6.20 Å². The number of hydrogen-bond acceptors (Lipinski definition) is 7. The molecule has 0 spiro atoms. The van der Waals surface area contributed by atoms with E-state index in [0.29, 0.717) is 11.1 Å². The molecule has 31 heavy (non-hydrogen) atoms. The number of aromatic amines is 2. The molecule has 1 aromatic carbocycles. The highest BCUT2D eigenvalue weighted by Gasteiger charge is 2.15. The van der Waals surface area contributed by atoms with Gasteiger partial charge in [-0.25, -0.2) is 9.89 Å². The third-order valence-corrected chi connectivity index (χ3v) is 4.67. The number of rotatable bonds is 4. The molecular weight excluding hydrogens is 447 g/mol. The number of ether oxygens (including phenoxy) is 1. The largest absolute Gasteiger partial charge is 0.434 e. The van der Waals surface area contributed by atoms with Crippen LogP contribution in [0, 0.1) is 6.92 Å². The molecule has 0 amide bonds. The molecule has 0 saturated carbocycles. The summed E-state index contributed by atoms with van der Waals surface area (Å²) >= 11 is 12.6. The summed E-state index contributed by atoms with van der Waals surface area (Å²) in [5, 5.41) is 10.1. The quantitative estimate of drug-likeness (QED) is 0.479. The van der Waals surface area contributed by atoms with Crippen molar-refractivity contribution in [3.8, 4) is 28.4 Å². The number of nitrogens with zero attached hydrogens (tertiary/aromatic N) is 4. The van der Waals surface area contributed by atoms with Crippen LogP contribution in [0.4, 0.5) is 0 Å². The molecule has 10 nitrogen and oxygen atoms in total. The first-order chi connectivity index (χ1) is 14.8. The molecule has 0 bridgehead atoms. The molecule has 12 heteroatoms. The molecule has 2 N–H and O–H groups in total. The average molecular weight is 459 g/mol. The fraction of sp³-hybridized carbons (Fsp3) is 0.0526. The zero-order valence-corrected chi connectivity index (χ0v) is 17.2. The van der Waals surface area contributed by atoms with Crippen LogP contribution in [0.25, 0.3) is 16.8 Å². The van der Waals surface area contributed by atoms with E-state index >= 15 is 0 Å². The molecule has 4 aromatic rings. The Morgan fingerprint density at radius 2 is 1.74 bits per heavy atom. The highest BCUT2D eigenvalue weighted by Crippen LogP contribution is 2.37. The lowest BCUT2D eigenvalue weighted by Crippen LogP contribution is -2.30. The fourth-order valence-electron chi connectivity index (χ4n) is 2.76. The Bertz CT molecular complexity index is 1450. The second-order valence-corrected chi connectivity index (χ2v) is 7.21. The van der Waals surface area contributed by atoms with Crippen LogP contribution in [-0.4, -0.2) is 29.9 Å². The second kappa shape index (κ2) is 8.17. The summed E-state index contributed by atoms with van der Waals surface area (Å²) in [6.07, 6.45) is 4.16. The van der Waals surface area contributed by atoms with Crippen LogP contribution in [0.3, 0.4) is 0 Å². The van der Waals surface area contributed by atoms with Gasteiger partial charge in [0.05, 0.1) is 21.3 Å². The van der Waals surface area contributed by atoms with Crippen molar-refractivity contribution in [3.63, 3.8) is 0 Å². The maximum Gasteiger partial charge on any atom is 0.349 e.